The number of benzene rings is 5. The summed E-state index contributed by atoms with van der Waals surface area (Å²) < 4.78 is 6.54. The second kappa shape index (κ2) is 6.76. The molecule has 1 heterocycles. The molecule has 0 unspecified atom stereocenters. The summed E-state index contributed by atoms with van der Waals surface area (Å²) >= 11 is 6.11. The van der Waals surface area contributed by atoms with Crippen LogP contribution in [0.4, 0.5) is 0 Å². The summed E-state index contributed by atoms with van der Waals surface area (Å²) in [5.41, 5.74) is 6.40. The Hall–Kier alpha value is -3.55. The Morgan fingerprint density at radius 2 is 1.13 bits per heavy atom. The molecule has 0 bridgehead atoms. The van der Waals surface area contributed by atoms with Crippen molar-refractivity contribution < 1.29 is 4.42 Å². The first kappa shape index (κ1) is 17.3. The molecular weight excluding hydrogens is 388 g/mol. The van der Waals surface area contributed by atoms with Crippen LogP contribution in [-0.4, -0.2) is 0 Å². The summed E-state index contributed by atoms with van der Waals surface area (Å²) in [6, 6.07) is 35.5. The highest BCUT2D eigenvalue weighted by Crippen LogP contribution is 2.41. The maximum atomic E-state index is 6.54. The summed E-state index contributed by atoms with van der Waals surface area (Å²) in [7, 11) is 0. The van der Waals surface area contributed by atoms with Gasteiger partial charge in [-0.3, -0.25) is 0 Å². The van der Waals surface area contributed by atoms with Gasteiger partial charge in [-0.15, -0.1) is 0 Å². The number of fused-ring (bicyclic) bond motifs is 5. The van der Waals surface area contributed by atoms with Gasteiger partial charge in [-0.05, 0) is 40.3 Å². The molecule has 2 heteroatoms. The highest BCUT2D eigenvalue weighted by molar-refractivity contribution is 6.30. The molecule has 142 valence electrons. The molecule has 6 aromatic rings. The van der Waals surface area contributed by atoms with Crippen LogP contribution in [-0.2, 0) is 0 Å². The third-order valence-corrected chi connectivity index (χ3v) is 6.01. The largest absolute Gasteiger partial charge is 0.455 e. The van der Waals surface area contributed by atoms with Crippen LogP contribution < -0.4 is 0 Å². The van der Waals surface area contributed by atoms with Crippen molar-refractivity contribution in [1.29, 1.82) is 0 Å². The SMILES string of the molecule is Clc1ccc(-c2ccccc2-c2cccc3c2oc2c4ccccc4ccc32)cc1. The van der Waals surface area contributed by atoms with E-state index in [2.05, 4.69) is 91.0 Å². The minimum Gasteiger partial charge on any atom is -0.455 e. The van der Waals surface area contributed by atoms with E-state index in [-0.39, 0.29) is 0 Å². The van der Waals surface area contributed by atoms with Crippen molar-refractivity contribution in [2.75, 3.05) is 0 Å². The summed E-state index contributed by atoms with van der Waals surface area (Å²) in [5, 5.41) is 5.35. The molecule has 0 radical (unpaired) electrons. The first-order valence-electron chi connectivity index (χ1n) is 9.98. The number of halogens is 1. The van der Waals surface area contributed by atoms with Gasteiger partial charge in [0.1, 0.15) is 11.2 Å². The zero-order valence-electron chi connectivity index (χ0n) is 16.1. The van der Waals surface area contributed by atoms with Crippen molar-refractivity contribution in [2.45, 2.75) is 0 Å². The second-order valence-corrected chi connectivity index (χ2v) is 7.94. The number of para-hydroxylation sites is 1. The quantitative estimate of drug-likeness (QED) is 0.281. The highest BCUT2D eigenvalue weighted by Gasteiger charge is 2.16. The summed E-state index contributed by atoms with van der Waals surface area (Å²) in [5.74, 6) is 0. The van der Waals surface area contributed by atoms with Crippen molar-refractivity contribution >= 4 is 44.3 Å². The van der Waals surface area contributed by atoms with Gasteiger partial charge in [-0.2, -0.15) is 0 Å². The smallest absolute Gasteiger partial charge is 0.143 e. The molecule has 0 aliphatic rings. The first-order chi connectivity index (χ1) is 14.8. The van der Waals surface area contributed by atoms with E-state index in [4.69, 9.17) is 16.0 Å². The second-order valence-electron chi connectivity index (χ2n) is 7.50. The Labute approximate surface area is 179 Å². The van der Waals surface area contributed by atoms with Crippen molar-refractivity contribution in [3.8, 4) is 22.3 Å². The van der Waals surface area contributed by atoms with Crippen LogP contribution in [0, 0.1) is 0 Å². The monoisotopic (exact) mass is 404 g/mol. The van der Waals surface area contributed by atoms with Crippen molar-refractivity contribution in [1.82, 2.24) is 0 Å². The van der Waals surface area contributed by atoms with Gasteiger partial charge in [0.2, 0.25) is 0 Å². The van der Waals surface area contributed by atoms with Crippen molar-refractivity contribution in [3.63, 3.8) is 0 Å². The lowest BCUT2D eigenvalue weighted by atomic mass is 9.93. The maximum absolute atomic E-state index is 6.54. The molecule has 30 heavy (non-hydrogen) atoms. The lowest BCUT2D eigenvalue weighted by Crippen LogP contribution is -1.85. The Bertz CT molecular complexity index is 1540. The van der Waals surface area contributed by atoms with Gasteiger partial charge in [0, 0.05) is 26.7 Å². The van der Waals surface area contributed by atoms with Crippen LogP contribution in [0.25, 0.3) is 55.0 Å². The fourth-order valence-corrected chi connectivity index (χ4v) is 4.46. The molecule has 0 fully saturated rings. The fourth-order valence-electron chi connectivity index (χ4n) is 4.34. The molecule has 0 saturated carbocycles. The molecular formula is C28H17ClO. The van der Waals surface area contributed by atoms with Crippen molar-refractivity contribution in [2.24, 2.45) is 0 Å². The van der Waals surface area contributed by atoms with Gasteiger partial charge in [0.15, 0.2) is 0 Å². The van der Waals surface area contributed by atoms with Gasteiger partial charge in [0.05, 0.1) is 0 Å². The Morgan fingerprint density at radius 1 is 0.467 bits per heavy atom. The molecule has 5 aromatic carbocycles. The van der Waals surface area contributed by atoms with Crippen molar-refractivity contribution in [3.05, 3.63) is 108 Å². The summed E-state index contributed by atoms with van der Waals surface area (Å²) in [6.07, 6.45) is 0. The molecule has 6 rings (SSSR count). The number of hydrogen-bond acceptors (Lipinski definition) is 1. The van der Waals surface area contributed by atoms with Crippen LogP contribution >= 0.6 is 11.6 Å². The third-order valence-electron chi connectivity index (χ3n) is 5.76. The Balaban J connectivity index is 1.66. The van der Waals surface area contributed by atoms with E-state index in [0.717, 1.165) is 54.6 Å². The van der Waals surface area contributed by atoms with Gasteiger partial charge < -0.3 is 4.42 Å². The molecule has 0 aliphatic carbocycles. The van der Waals surface area contributed by atoms with Gasteiger partial charge in [-0.1, -0.05) is 96.5 Å². The summed E-state index contributed by atoms with van der Waals surface area (Å²) in [6.45, 7) is 0. The summed E-state index contributed by atoms with van der Waals surface area (Å²) in [4.78, 5) is 0. The normalized spacial score (nSPS) is 11.5. The van der Waals surface area contributed by atoms with Crippen LogP contribution in [0.5, 0.6) is 0 Å². The number of hydrogen-bond donors (Lipinski definition) is 0. The standard InChI is InChI=1S/C28H17ClO/c29-20-15-12-19(13-16-20)21-7-3-4-9-23(21)24-10-5-11-25-26-17-14-18-6-1-2-8-22(18)27(26)30-28(24)25/h1-17H. The van der Waals surface area contributed by atoms with Crippen LogP contribution in [0.15, 0.2) is 108 Å². The van der Waals surface area contributed by atoms with E-state index in [1.165, 1.54) is 5.39 Å². The lowest BCUT2D eigenvalue weighted by molar-refractivity contribution is 0.674. The van der Waals surface area contributed by atoms with E-state index < -0.39 is 0 Å². The average Bonchev–Trinajstić information content (AvgIpc) is 3.19. The van der Waals surface area contributed by atoms with Crippen LogP contribution in [0.3, 0.4) is 0 Å². The van der Waals surface area contributed by atoms with E-state index >= 15 is 0 Å². The Morgan fingerprint density at radius 3 is 2.00 bits per heavy atom. The molecule has 0 atom stereocenters. The predicted molar refractivity (Wildman–Crippen MR) is 127 cm³/mol. The molecule has 1 nitrogen and oxygen atoms in total. The van der Waals surface area contributed by atoms with Gasteiger partial charge in [-0.25, -0.2) is 0 Å². The van der Waals surface area contributed by atoms with Gasteiger partial charge >= 0.3 is 0 Å². The first-order valence-corrected chi connectivity index (χ1v) is 10.4. The Kier molecular flexibility index (Phi) is 3.90. The van der Waals surface area contributed by atoms with E-state index in [9.17, 15) is 0 Å². The molecule has 0 N–H and O–H groups in total. The molecule has 0 saturated heterocycles. The molecule has 0 spiro atoms. The fraction of sp³-hybridized carbons (Fsp3) is 0. The highest BCUT2D eigenvalue weighted by atomic mass is 35.5. The lowest BCUT2D eigenvalue weighted by Gasteiger charge is -2.10. The maximum Gasteiger partial charge on any atom is 0.143 e. The molecule has 0 aliphatic heterocycles. The minimum atomic E-state index is 0.738. The minimum absolute atomic E-state index is 0.738. The van der Waals surface area contributed by atoms with Gasteiger partial charge in [0.25, 0.3) is 0 Å². The number of furan rings is 1. The average molecular weight is 405 g/mol. The van der Waals surface area contributed by atoms with E-state index in [0.29, 0.717) is 0 Å². The van der Waals surface area contributed by atoms with Crippen LogP contribution in [0.1, 0.15) is 0 Å². The zero-order chi connectivity index (χ0) is 20.1. The van der Waals surface area contributed by atoms with E-state index in [1.54, 1.807) is 0 Å². The van der Waals surface area contributed by atoms with E-state index in [1.807, 2.05) is 12.1 Å². The number of rotatable bonds is 2. The topological polar surface area (TPSA) is 13.1 Å². The predicted octanol–water partition coefficient (Wildman–Crippen LogP) is 8.73. The zero-order valence-corrected chi connectivity index (χ0v) is 16.9. The molecule has 1 aromatic heterocycles. The third kappa shape index (κ3) is 2.63. The molecule has 0 amide bonds. The van der Waals surface area contributed by atoms with Crippen LogP contribution in [0.2, 0.25) is 5.02 Å².